The van der Waals surface area contributed by atoms with E-state index in [0.29, 0.717) is 16.9 Å². The zero-order valence-corrected chi connectivity index (χ0v) is 9.99. The van der Waals surface area contributed by atoms with E-state index in [2.05, 4.69) is 0 Å². The summed E-state index contributed by atoms with van der Waals surface area (Å²) in [6.45, 7) is 3.52. The summed E-state index contributed by atoms with van der Waals surface area (Å²) in [7, 11) is 1.75. The molecule has 2 aromatic rings. The third kappa shape index (κ3) is 1.63. The average molecular weight is 235 g/mol. The molecule has 90 valence electrons. The maximum atomic E-state index is 13.0. The molecule has 1 aromatic carbocycles. The second-order valence-electron chi connectivity index (χ2n) is 4.07. The van der Waals surface area contributed by atoms with Gasteiger partial charge in [0.25, 0.3) is 5.56 Å². The van der Waals surface area contributed by atoms with Crippen LogP contribution in [0.1, 0.15) is 11.3 Å². The molecular weight excluding hydrogens is 221 g/mol. The van der Waals surface area contributed by atoms with Crippen molar-refractivity contribution in [2.45, 2.75) is 13.8 Å². The van der Waals surface area contributed by atoms with Crippen LogP contribution in [0.5, 0.6) is 0 Å². The number of nitrogen functional groups attached to an aromatic ring is 1. The summed E-state index contributed by atoms with van der Waals surface area (Å²) in [5.41, 5.74) is 7.65. The molecule has 0 spiro atoms. The number of halogens is 1. The van der Waals surface area contributed by atoms with Crippen molar-refractivity contribution in [2.24, 2.45) is 7.05 Å². The van der Waals surface area contributed by atoms with Gasteiger partial charge in [-0.3, -0.25) is 9.48 Å². The predicted octanol–water partition coefficient (Wildman–Crippen LogP) is 1.51. The number of aromatic nitrogens is 2. The van der Waals surface area contributed by atoms with Crippen LogP contribution in [-0.4, -0.2) is 9.36 Å². The number of nitrogens with zero attached hydrogens (tertiary/aromatic N) is 2. The molecule has 0 saturated heterocycles. The highest BCUT2D eigenvalue weighted by Crippen LogP contribution is 2.16. The molecule has 0 aliphatic rings. The third-order valence-corrected chi connectivity index (χ3v) is 2.99. The molecule has 1 heterocycles. The zero-order chi connectivity index (χ0) is 12.7. The highest BCUT2D eigenvalue weighted by molar-refractivity contribution is 5.47. The Bertz CT molecular complexity index is 640. The standard InChI is InChI=1S/C12H14FN3O/c1-7-6-9(13)4-5-10(7)16-12(17)11(14)8(2)15(16)3/h4-6H,14H2,1-3H3. The number of rotatable bonds is 1. The third-order valence-electron chi connectivity index (χ3n) is 2.99. The predicted molar refractivity (Wildman–Crippen MR) is 64.9 cm³/mol. The van der Waals surface area contributed by atoms with Crippen molar-refractivity contribution in [3.05, 3.63) is 45.6 Å². The van der Waals surface area contributed by atoms with E-state index >= 15 is 0 Å². The Morgan fingerprint density at radius 1 is 1.29 bits per heavy atom. The first kappa shape index (κ1) is 11.4. The lowest BCUT2D eigenvalue weighted by atomic mass is 10.2. The van der Waals surface area contributed by atoms with Crippen molar-refractivity contribution in [2.75, 3.05) is 5.73 Å². The van der Waals surface area contributed by atoms with Gasteiger partial charge in [0.15, 0.2) is 0 Å². The Balaban J connectivity index is 2.78. The summed E-state index contributed by atoms with van der Waals surface area (Å²) in [4.78, 5) is 12.0. The molecule has 5 heteroatoms. The number of anilines is 1. The van der Waals surface area contributed by atoms with Crippen LogP contribution in [0.15, 0.2) is 23.0 Å². The van der Waals surface area contributed by atoms with Gasteiger partial charge in [-0.05, 0) is 37.6 Å². The van der Waals surface area contributed by atoms with E-state index in [9.17, 15) is 9.18 Å². The first-order chi connectivity index (χ1) is 7.93. The first-order valence-corrected chi connectivity index (χ1v) is 5.24. The van der Waals surface area contributed by atoms with Crippen molar-refractivity contribution in [3.8, 4) is 5.69 Å². The molecule has 0 aliphatic heterocycles. The summed E-state index contributed by atoms with van der Waals surface area (Å²) < 4.78 is 16.1. The van der Waals surface area contributed by atoms with Crippen molar-refractivity contribution in [1.82, 2.24) is 9.36 Å². The van der Waals surface area contributed by atoms with Gasteiger partial charge in [-0.2, -0.15) is 0 Å². The molecule has 0 atom stereocenters. The lowest BCUT2D eigenvalue weighted by Crippen LogP contribution is -2.21. The number of aryl methyl sites for hydroxylation is 1. The number of hydrogen-bond donors (Lipinski definition) is 1. The summed E-state index contributed by atoms with van der Waals surface area (Å²) in [6, 6.07) is 4.29. The second kappa shape index (κ2) is 3.76. The Hall–Kier alpha value is -2.04. The maximum absolute atomic E-state index is 13.0. The highest BCUT2D eigenvalue weighted by Gasteiger charge is 2.14. The van der Waals surface area contributed by atoms with Crippen LogP contribution in [0.25, 0.3) is 5.69 Å². The molecule has 4 nitrogen and oxygen atoms in total. The average Bonchev–Trinajstić information content (AvgIpc) is 2.45. The van der Waals surface area contributed by atoms with Gasteiger partial charge in [0.2, 0.25) is 0 Å². The summed E-state index contributed by atoms with van der Waals surface area (Å²) in [5, 5.41) is 0. The van der Waals surface area contributed by atoms with Gasteiger partial charge in [-0.1, -0.05) is 0 Å². The molecule has 0 aliphatic carbocycles. The molecule has 0 radical (unpaired) electrons. The van der Waals surface area contributed by atoms with Crippen LogP contribution in [0.4, 0.5) is 10.1 Å². The molecule has 0 saturated carbocycles. The quantitative estimate of drug-likeness (QED) is 0.814. The summed E-state index contributed by atoms with van der Waals surface area (Å²) >= 11 is 0. The van der Waals surface area contributed by atoms with E-state index in [0.717, 1.165) is 0 Å². The number of nitrogens with two attached hydrogens (primary N) is 1. The molecule has 0 amide bonds. The van der Waals surface area contributed by atoms with Crippen molar-refractivity contribution in [1.29, 1.82) is 0 Å². The van der Waals surface area contributed by atoms with Gasteiger partial charge in [-0.15, -0.1) is 0 Å². The molecule has 2 N–H and O–H groups in total. The van der Waals surface area contributed by atoms with Gasteiger partial charge < -0.3 is 5.73 Å². The molecule has 0 fully saturated rings. The van der Waals surface area contributed by atoms with Crippen LogP contribution in [0.3, 0.4) is 0 Å². The Morgan fingerprint density at radius 2 is 1.94 bits per heavy atom. The minimum Gasteiger partial charge on any atom is -0.393 e. The normalized spacial score (nSPS) is 10.8. The maximum Gasteiger partial charge on any atom is 0.294 e. The fraction of sp³-hybridized carbons (Fsp3) is 0.250. The number of benzene rings is 1. The topological polar surface area (TPSA) is 52.9 Å². The molecule has 17 heavy (non-hydrogen) atoms. The Kier molecular flexibility index (Phi) is 2.53. The SMILES string of the molecule is Cc1cc(F)ccc1-n1c(=O)c(N)c(C)n1C. The van der Waals surface area contributed by atoms with Gasteiger partial charge >= 0.3 is 0 Å². The van der Waals surface area contributed by atoms with E-state index in [1.54, 1.807) is 31.6 Å². The molecule has 0 unspecified atom stereocenters. The highest BCUT2D eigenvalue weighted by atomic mass is 19.1. The molecular formula is C12H14FN3O. The Labute approximate surface area is 98.1 Å². The molecule has 1 aromatic heterocycles. The van der Waals surface area contributed by atoms with Crippen LogP contribution in [-0.2, 0) is 7.05 Å². The summed E-state index contributed by atoms with van der Waals surface area (Å²) in [6.07, 6.45) is 0. The molecule has 2 rings (SSSR count). The lowest BCUT2D eigenvalue weighted by Gasteiger charge is -2.10. The largest absolute Gasteiger partial charge is 0.393 e. The van der Waals surface area contributed by atoms with E-state index in [-0.39, 0.29) is 17.1 Å². The fourth-order valence-electron chi connectivity index (χ4n) is 1.86. The van der Waals surface area contributed by atoms with Crippen LogP contribution in [0.2, 0.25) is 0 Å². The minimum absolute atomic E-state index is 0.219. The fourth-order valence-corrected chi connectivity index (χ4v) is 1.86. The monoisotopic (exact) mass is 235 g/mol. The van der Waals surface area contributed by atoms with Crippen LogP contribution >= 0.6 is 0 Å². The van der Waals surface area contributed by atoms with E-state index in [1.807, 2.05) is 0 Å². The van der Waals surface area contributed by atoms with E-state index in [4.69, 9.17) is 5.73 Å². The van der Waals surface area contributed by atoms with Gasteiger partial charge in [-0.25, -0.2) is 9.07 Å². The van der Waals surface area contributed by atoms with E-state index in [1.165, 1.54) is 16.8 Å². The second-order valence-corrected chi connectivity index (χ2v) is 4.07. The van der Waals surface area contributed by atoms with Crippen molar-refractivity contribution < 1.29 is 4.39 Å². The van der Waals surface area contributed by atoms with Gasteiger partial charge in [0.1, 0.15) is 11.5 Å². The van der Waals surface area contributed by atoms with Crippen molar-refractivity contribution in [3.63, 3.8) is 0 Å². The number of hydrogen-bond acceptors (Lipinski definition) is 2. The summed E-state index contributed by atoms with van der Waals surface area (Å²) in [5.74, 6) is -0.321. The van der Waals surface area contributed by atoms with Gasteiger partial charge in [0.05, 0.1) is 11.4 Å². The first-order valence-electron chi connectivity index (χ1n) is 5.24. The lowest BCUT2D eigenvalue weighted by molar-refractivity contribution is 0.612. The van der Waals surface area contributed by atoms with Crippen molar-refractivity contribution >= 4 is 5.69 Å². The zero-order valence-electron chi connectivity index (χ0n) is 9.99. The van der Waals surface area contributed by atoms with E-state index < -0.39 is 0 Å². The molecule has 0 bridgehead atoms. The minimum atomic E-state index is -0.321. The van der Waals surface area contributed by atoms with Crippen LogP contribution < -0.4 is 11.3 Å². The van der Waals surface area contributed by atoms with Crippen LogP contribution in [0, 0.1) is 19.7 Å². The Morgan fingerprint density at radius 3 is 2.41 bits per heavy atom. The van der Waals surface area contributed by atoms with Gasteiger partial charge in [0, 0.05) is 7.05 Å². The smallest absolute Gasteiger partial charge is 0.294 e.